The molecule has 0 radical (unpaired) electrons. The molecule has 1 unspecified atom stereocenters. The molecule has 5 nitrogen and oxygen atoms in total. The highest BCUT2D eigenvalue weighted by Crippen LogP contribution is 2.42. The van der Waals surface area contributed by atoms with E-state index in [1.54, 1.807) is 11.4 Å². The van der Waals surface area contributed by atoms with E-state index in [4.69, 9.17) is 14.6 Å². The monoisotopic (exact) mass is 451 g/mol. The van der Waals surface area contributed by atoms with Gasteiger partial charge in [0.2, 0.25) is 5.91 Å². The Bertz CT molecular complexity index is 481. The molecule has 1 amide bonds. The number of carbonyl (C=O) groups excluding carboxylic acids is 1. The molecule has 0 aliphatic heterocycles. The third kappa shape index (κ3) is 15.6. The summed E-state index contributed by atoms with van der Waals surface area (Å²) in [6, 6.07) is 0. The van der Waals surface area contributed by atoms with Crippen LogP contribution < -0.4 is 5.32 Å². The molecule has 0 rings (SSSR count). The van der Waals surface area contributed by atoms with Gasteiger partial charge >= 0.3 is 0 Å². The molecule has 0 bridgehead atoms. The molecule has 0 saturated carbocycles. The van der Waals surface area contributed by atoms with Gasteiger partial charge in [-0.05, 0) is 58.8 Å². The van der Waals surface area contributed by atoms with Crippen LogP contribution in [0.2, 0.25) is 0 Å². The molecule has 0 aromatic rings. The Morgan fingerprint density at radius 3 is 2.03 bits per heavy atom. The van der Waals surface area contributed by atoms with E-state index >= 15 is 0 Å². The van der Waals surface area contributed by atoms with Gasteiger partial charge in [0.15, 0.2) is 0 Å². The summed E-state index contributed by atoms with van der Waals surface area (Å²) in [5.41, 5.74) is -0.485. The number of hydrogen-bond acceptors (Lipinski definition) is 5. The first kappa shape index (κ1) is 29.1. The second kappa shape index (κ2) is 12.9. The quantitative estimate of drug-likeness (QED) is 0.325. The van der Waals surface area contributed by atoms with Crippen molar-refractivity contribution in [1.82, 2.24) is 5.32 Å². The van der Waals surface area contributed by atoms with E-state index in [1.807, 2.05) is 27.7 Å². The predicted octanol–water partition coefficient (Wildman–Crippen LogP) is 4.96. The van der Waals surface area contributed by atoms with E-state index in [9.17, 15) is 4.79 Å². The lowest BCUT2D eigenvalue weighted by Gasteiger charge is -2.33. The van der Waals surface area contributed by atoms with Crippen molar-refractivity contribution in [3.8, 4) is 0 Å². The minimum absolute atomic E-state index is 0.0288. The van der Waals surface area contributed by atoms with Crippen molar-refractivity contribution in [1.29, 1.82) is 0 Å². The topological polar surface area (TPSA) is 67.8 Å². The molecule has 29 heavy (non-hydrogen) atoms. The molecule has 0 aliphatic rings. The van der Waals surface area contributed by atoms with Crippen molar-refractivity contribution in [3.63, 3.8) is 0 Å². The molecule has 0 spiro atoms. The zero-order chi connectivity index (χ0) is 22.8. The number of carbonyl (C=O) groups is 1. The number of hydrogen-bond donors (Lipinski definition) is 2. The Balaban J connectivity index is 4.15. The zero-order valence-corrected chi connectivity index (χ0v) is 22.0. The van der Waals surface area contributed by atoms with Gasteiger partial charge in [-0.15, -0.1) is 11.4 Å². The van der Waals surface area contributed by atoms with Crippen molar-refractivity contribution >= 4 is 25.7 Å². The Morgan fingerprint density at radius 1 is 0.931 bits per heavy atom. The third-order valence-electron chi connectivity index (χ3n) is 5.08. The van der Waals surface area contributed by atoms with Crippen LogP contribution in [-0.4, -0.2) is 53.3 Å². The van der Waals surface area contributed by atoms with Gasteiger partial charge in [-0.2, -0.15) is 0 Å². The highest BCUT2D eigenvalue weighted by molar-refractivity contribution is 8.44. The first-order valence-corrected chi connectivity index (χ1v) is 13.0. The van der Waals surface area contributed by atoms with Crippen LogP contribution in [0, 0.1) is 5.41 Å². The van der Waals surface area contributed by atoms with Crippen LogP contribution in [0.1, 0.15) is 87.5 Å². The number of rotatable bonds is 16. The molecular weight excluding hydrogens is 405 g/mol. The van der Waals surface area contributed by atoms with Crippen molar-refractivity contribution in [3.05, 3.63) is 0 Å². The lowest BCUT2D eigenvalue weighted by molar-refractivity contribution is -0.122. The van der Waals surface area contributed by atoms with Crippen LogP contribution in [0.4, 0.5) is 0 Å². The average Bonchev–Trinajstić information content (AvgIpc) is 2.57. The first-order valence-electron chi connectivity index (χ1n) is 10.7. The summed E-state index contributed by atoms with van der Waals surface area (Å²) in [5, 5.41) is 11.9. The Hall–Kier alpha value is 0.130. The average molecular weight is 452 g/mol. The molecule has 0 fully saturated rings. The maximum absolute atomic E-state index is 12.3. The molecule has 0 aromatic carbocycles. The number of amides is 1. The van der Waals surface area contributed by atoms with Gasteiger partial charge < -0.3 is 19.9 Å². The van der Waals surface area contributed by atoms with Gasteiger partial charge in [0.25, 0.3) is 0 Å². The Kier molecular flexibility index (Phi) is 12.9. The maximum atomic E-state index is 12.3. The Labute approximate surface area is 185 Å². The van der Waals surface area contributed by atoms with Gasteiger partial charge in [0.05, 0.1) is 31.0 Å². The molecule has 0 heterocycles. The summed E-state index contributed by atoms with van der Waals surface area (Å²) >= 11 is 1.80. The van der Waals surface area contributed by atoms with Crippen molar-refractivity contribution < 1.29 is 19.4 Å². The smallest absolute Gasteiger partial charge is 0.220 e. The van der Waals surface area contributed by atoms with Gasteiger partial charge in [0, 0.05) is 17.7 Å². The number of aliphatic hydroxyl groups excluding tert-OH is 1. The second-order valence-corrected chi connectivity index (χ2v) is 12.6. The van der Waals surface area contributed by atoms with Crippen molar-refractivity contribution in [2.24, 2.45) is 5.41 Å². The zero-order valence-electron chi connectivity index (χ0n) is 20.0. The van der Waals surface area contributed by atoms with Gasteiger partial charge in [-0.25, -0.2) is 0 Å². The largest absolute Gasteiger partial charge is 0.394 e. The molecule has 174 valence electrons. The summed E-state index contributed by atoms with van der Waals surface area (Å²) in [6.45, 7) is 18.6. The molecule has 0 aliphatic carbocycles. The summed E-state index contributed by atoms with van der Waals surface area (Å²) in [6.07, 6.45) is 4.03. The van der Waals surface area contributed by atoms with Gasteiger partial charge in [-0.1, -0.05) is 36.1 Å². The first-order chi connectivity index (χ1) is 13.1. The maximum Gasteiger partial charge on any atom is 0.220 e. The lowest BCUT2D eigenvalue weighted by Crippen LogP contribution is -2.35. The fraction of sp³-hybridized carbons (Fsp3) is 0.955. The minimum Gasteiger partial charge on any atom is -0.394 e. The van der Waals surface area contributed by atoms with E-state index < -0.39 is 0 Å². The van der Waals surface area contributed by atoms with Crippen LogP contribution in [0.3, 0.4) is 0 Å². The van der Waals surface area contributed by atoms with E-state index in [1.165, 1.54) is 0 Å². The predicted molar refractivity (Wildman–Crippen MR) is 128 cm³/mol. The molecular formula is C22H46NO4PS. The van der Waals surface area contributed by atoms with E-state index in [-0.39, 0.29) is 33.9 Å². The number of aliphatic hydroxyl groups is 1. The van der Waals surface area contributed by atoms with E-state index in [2.05, 4.69) is 41.5 Å². The van der Waals surface area contributed by atoms with E-state index in [0.29, 0.717) is 26.2 Å². The van der Waals surface area contributed by atoms with Crippen LogP contribution in [-0.2, 0) is 14.3 Å². The molecule has 1 atom stereocenters. The van der Waals surface area contributed by atoms with Crippen molar-refractivity contribution in [2.45, 2.75) is 103 Å². The molecule has 7 heteroatoms. The standard InChI is InChI=1S/C22H46NO4PS/c1-19(2,17-22(7,8)29-28)10-9-18(25)23-13-11-20(3,4)26-15-12-21(5,6)27-16-14-24/h24H,9-17,28H2,1-8H3,(H,23,25). The normalized spacial score (nSPS) is 13.6. The van der Waals surface area contributed by atoms with Gasteiger partial charge in [0.1, 0.15) is 0 Å². The fourth-order valence-electron chi connectivity index (χ4n) is 3.37. The van der Waals surface area contributed by atoms with Crippen molar-refractivity contribution in [2.75, 3.05) is 26.4 Å². The molecule has 0 saturated heterocycles. The van der Waals surface area contributed by atoms with Crippen LogP contribution >= 0.6 is 19.8 Å². The summed E-state index contributed by atoms with van der Waals surface area (Å²) in [7, 11) is 2.75. The van der Waals surface area contributed by atoms with Gasteiger partial charge in [-0.3, -0.25) is 4.79 Å². The lowest BCUT2D eigenvalue weighted by atomic mass is 9.79. The fourth-order valence-corrected chi connectivity index (χ4v) is 4.09. The van der Waals surface area contributed by atoms with Crippen LogP contribution in [0.25, 0.3) is 0 Å². The highest BCUT2D eigenvalue weighted by atomic mass is 32.7. The number of ether oxygens (including phenoxy) is 2. The highest BCUT2D eigenvalue weighted by Gasteiger charge is 2.29. The number of nitrogens with one attached hydrogen (secondary N) is 1. The van der Waals surface area contributed by atoms with E-state index in [0.717, 1.165) is 25.7 Å². The summed E-state index contributed by atoms with van der Waals surface area (Å²) in [5.74, 6) is 0.115. The molecule has 2 N–H and O–H groups in total. The Morgan fingerprint density at radius 2 is 1.48 bits per heavy atom. The third-order valence-corrected chi connectivity index (χ3v) is 7.78. The SMILES string of the molecule is CC(C)(CCC(=O)NCCC(C)(C)OCCC(C)(C)OCCO)CC(C)(C)SP. The summed E-state index contributed by atoms with van der Waals surface area (Å²) in [4.78, 5) is 12.3. The molecule has 0 aromatic heterocycles. The van der Waals surface area contributed by atoms with Crippen LogP contribution in [0.5, 0.6) is 0 Å². The van der Waals surface area contributed by atoms with Crippen LogP contribution in [0.15, 0.2) is 0 Å². The summed E-state index contributed by atoms with van der Waals surface area (Å²) < 4.78 is 11.8. The minimum atomic E-state index is -0.316. The second-order valence-electron chi connectivity index (χ2n) is 10.5.